The number of rotatable bonds is 4. The quantitative estimate of drug-likeness (QED) is 0.476. The van der Waals surface area contributed by atoms with Crippen molar-refractivity contribution in [2.24, 2.45) is 4.99 Å². The first-order valence-electron chi connectivity index (χ1n) is 8.08. The number of benzene rings is 2. The Kier molecular flexibility index (Phi) is 6.19. The first-order chi connectivity index (χ1) is 13.0. The number of hydrogen-bond donors (Lipinski definition) is 0. The van der Waals surface area contributed by atoms with Crippen LogP contribution in [0.3, 0.4) is 0 Å². The number of nitriles is 1. The largest absolute Gasteiger partial charge is 0.488 e. The second-order valence-corrected chi connectivity index (χ2v) is 7.90. The summed E-state index contributed by atoms with van der Waals surface area (Å²) in [6.07, 6.45) is 1.86. The number of carbonyl (C=O) groups excluding carboxylic acids is 1. The summed E-state index contributed by atoms with van der Waals surface area (Å²) in [5.74, 6) is 0.688. The summed E-state index contributed by atoms with van der Waals surface area (Å²) >= 11 is 3.58. The van der Waals surface area contributed by atoms with Crippen LogP contribution in [0.4, 0.5) is 0 Å². The number of amidine groups is 1. The van der Waals surface area contributed by atoms with Gasteiger partial charge in [-0.1, -0.05) is 24.3 Å². The molecule has 27 heavy (non-hydrogen) atoms. The van der Waals surface area contributed by atoms with Crippen LogP contribution in [-0.2, 0) is 11.4 Å². The average molecular weight is 489 g/mol. The number of likely N-dealkylation sites (N-methyl/N-ethyl adjacent to an activating group) is 1. The molecule has 0 saturated carbocycles. The van der Waals surface area contributed by atoms with Crippen molar-refractivity contribution in [2.75, 3.05) is 14.1 Å². The van der Waals surface area contributed by atoms with E-state index in [9.17, 15) is 4.79 Å². The van der Waals surface area contributed by atoms with Crippen LogP contribution in [0.1, 0.15) is 16.7 Å². The maximum atomic E-state index is 12.3. The summed E-state index contributed by atoms with van der Waals surface area (Å²) in [5, 5.41) is 9.86. The normalized spacial score (nSPS) is 16.8. The monoisotopic (exact) mass is 489 g/mol. The van der Waals surface area contributed by atoms with Crippen LogP contribution in [0.5, 0.6) is 5.75 Å². The fourth-order valence-electron chi connectivity index (χ4n) is 2.54. The number of hydrogen-bond acceptors (Lipinski definition) is 5. The molecule has 2 aromatic carbocycles. The van der Waals surface area contributed by atoms with E-state index >= 15 is 0 Å². The fourth-order valence-corrected chi connectivity index (χ4v) is 4.16. The van der Waals surface area contributed by atoms with Gasteiger partial charge in [-0.3, -0.25) is 14.7 Å². The average Bonchev–Trinajstić information content (AvgIpc) is 2.95. The van der Waals surface area contributed by atoms with Gasteiger partial charge in [0.1, 0.15) is 12.4 Å². The van der Waals surface area contributed by atoms with Gasteiger partial charge in [0.25, 0.3) is 5.91 Å². The van der Waals surface area contributed by atoms with Gasteiger partial charge in [0.2, 0.25) is 0 Å². The van der Waals surface area contributed by atoms with Crippen molar-refractivity contribution in [3.8, 4) is 11.8 Å². The lowest BCUT2D eigenvalue weighted by Gasteiger charge is -2.10. The van der Waals surface area contributed by atoms with E-state index in [1.165, 1.54) is 11.8 Å². The number of thioether (sulfide) groups is 1. The first-order valence-corrected chi connectivity index (χ1v) is 9.97. The molecule has 0 aliphatic carbocycles. The standard InChI is InChI=1S/C20H16IN3O2S/c1-23-20-24(2)19(25)18(27-20)10-13-7-8-17(16(21)9-13)26-12-15-6-4-3-5-14(15)11-22/h3-10H,12H2,1-2H3/b18-10+,23-20?. The number of carbonyl (C=O) groups is 1. The number of amides is 1. The molecule has 0 aromatic heterocycles. The van der Waals surface area contributed by atoms with Crippen molar-refractivity contribution < 1.29 is 9.53 Å². The predicted molar refractivity (Wildman–Crippen MR) is 116 cm³/mol. The smallest absolute Gasteiger partial charge is 0.266 e. The second-order valence-electron chi connectivity index (χ2n) is 5.73. The Balaban J connectivity index is 1.76. The van der Waals surface area contributed by atoms with Crippen molar-refractivity contribution in [2.45, 2.75) is 6.61 Å². The second kappa shape index (κ2) is 8.59. The molecule has 7 heteroatoms. The maximum absolute atomic E-state index is 12.3. The molecule has 136 valence electrons. The number of halogens is 1. The molecular weight excluding hydrogens is 473 g/mol. The lowest BCUT2D eigenvalue weighted by atomic mass is 10.1. The van der Waals surface area contributed by atoms with Gasteiger partial charge in [-0.15, -0.1) is 0 Å². The molecule has 3 rings (SSSR count). The van der Waals surface area contributed by atoms with E-state index < -0.39 is 0 Å². The zero-order valence-corrected chi connectivity index (χ0v) is 17.7. The molecule has 0 N–H and O–H groups in total. The van der Waals surface area contributed by atoms with E-state index in [2.05, 4.69) is 33.7 Å². The number of ether oxygens (including phenoxy) is 1. The lowest BCUT2D eigenvalue weighted by molar-refractivity contribution is -0.121. The third-order valence-corrected chi connectivity index (χ3v) is 5.96. The summed E-state index contributed by atoms with van der Waals surface area (Å²) in [7, 11) is 3.40. The van der Waals surface area contributed by atoms with Gasteiger partial charge in [-0.2, -0.15) is 5.26 Å². The van der Waals surface area contributed by atoms with Crippen LogP contribution >= 0.6 is 34.4 Å². The van der Waals surface area contributed by atoms with Crippen LogP contribution in [0.2, 0.25) is 0 Å². The minimum Gasteiger partial charge on any atom is -0.488 e. The zero-order chi connectivity index (χ0) is 19.4. The Bertz CT molecular complexity index is 995. The molecule has 0 bridgehead atoms. The molecule has 1 aliphatic rings. The molecule has 0 atom stereocenters. The minimum absolute atomic E-state index is 0.0518. The Morgan fingerprint density at radius 2 is 2.11 bits per heavy atom. The number of aliphatic imine (C=N–C) groups is 1. The molecule has 0 radical (unpaired) electrons. The van der Waals surface area contributed by atoms with Gasteiger partial charge in [0, 0.05) is 19.7 Å². The Labute approximate surface area is 175 Å². The predicted octanol–water partition coefficient (Wildman–Crippen LogP) is 4.27. The van der Waals surface area contributed by atoms with E-state index in [0.29, 0.717) is 22.2 Å². The van der Waals surface area contributed by atoms with Crippen molar-refractivity contribution in [3.63, 3.8) is 0 Å². The molecule has 1 heterocycles. The maximum Gasteiger partial charge on any atom is 0.266 e. The van der Waals surface area contributed by atoms with E-state index in [-0.39, 0.29) is 5.91 Å². The van der Waals surface area contributed by atoms with Crippen LogP contribution in [-0.4, -0.2) is 30.1 Å². The van der Waals surface area contributed by atoms with Gasteiger partial charge in [0.15, 0.2) is 5.17 Å². The first kappa shape index (κ1) is 19.5. The third-order valence-electron chi connectivity index (χ3n) is 3.97. The molecule has 5 nitrogen and oxygen atoms in total. The van der Waals surface area contributed by atoms with Gasteiger partial charge in [-0.05, 0) is 64.2 Å². The van der Waals surface area contributed by atoms with Crippen LogP contribution in [0, 0.1) is 14.9 Å². The topological polar surface area (TPSA) is 65.7 Å². The van der Waals surface area contributed by atoms with Crippen LogP contribution in [0.25, 0.3) is 6.08 Å². The summed E-state index contributed by atoms with van der Waals surface area (Å²) in [4.78, 5) is 18.6. The Morgan fingerprint density at radius 1 is 1.33 bits per heavy atom. The van der Waals surface area contributed by atoms with Crippen LogP contribution in [0.15, 0.2) is 52.4 Å². The summed E-state index contributed by atoms with van der Waals surface area (Å²) in [5.41, 5.74) is 2.39. The minimum atomic E-state index is -0.0518. The number of nitrogens with zero attached hydrogens (tertiary/aromatic N) is 3. The lowest BCUT2D eigenvalue weighted by Crippen LogP contribution is -2.23. The van der Waals surface area contributed by atoms with Crippen molar-refractivity contribution in [1.82, 2.24) is 4.90 Å². The summed E-state index contributed by atoms with van der Waals surface area (Å²) in [6.45, 7) is 0.329. The van der Waals surface area contributed by atoms with Gasteiger partial charge >= 0.3 is 0 Å². The van der Waals surface area contributed by atoms with E-state index in [1.807, 2.05) is 42.5 Å². The van der Waals surface area contributed by atoms with E-state index in [1.54, 1.807) is 25.1 Å². The van der Waals surface area contributed by atoms with Crippen molar-refractivity contribution >= 4 is 51.5 Å². The van der Waals surface area contributed by atoms with Crippen LogP contribution < -0.4 is 4.74 Å². The SMILES string of the molecule is CN=C1S/C(=C/c2ccc(OCc3ccccc3C#N)c(I)c2)C(=O)N1C. The summed E-state index contributed by atoms with van der Waals surface area (Å²) < 4.78 is 6.82. The highest BCUT2D eigenvalue weighted by molar-refractivity contribution is 14.1. The van der Waals surface area contributed by atoms with Gasteiger partial charge < -0.3 is 4.74 Å². The molecule has 1 amide bonds. The molecular formula is C20H16IN3O2S. The molecule has 1 fully saturated rings. The van der Waals surface area contributed by atoms with E-state index in [4.69, 9.17) is 10.00 Å². The van der Waals surface area contributed by atoms with Crippen molar-refractivity contribution in [3.05, 3.63) is 67.6 Å². The fraction of sp³-hybridized carbons (Fsp3) is 0.150. The molecule has 1 aliphatic heterocycles. The molecule has 0 spiro atoms. The zero-order valence-electron chi connectivity index (χ0n) is 14.8. The van der Waals surface area contributed by atoms with Gasteiger partial charge in [-0.25, -0.2) is 0 Å². The Morgan fingerprint density at radius 3 is 2.78 bits per heavy atom. The Hall–Kier alpha value is -2.31. The summed E-state index contributed by atoms with van der Waals surface area (Å²) in [6, 6.07) is 15.3. The molecule has 2 aromatic rings. The highest BCUT2D eigenvalue weighted by atomic mass is 127. The van der Waals surface area contributed by atoms with Crippen molar-refractivity contribution in [1.29, 1.82) is 5.26 Å². The molecule has 1 saturated heterocycles. The highest BCUT2D eigenvalue weighted by Crippen LogP contribution is 2.32. The molecule has 0 unspecified atom stereocenters. The van der Waals surface area contributed by atoms with Gasteiger partial charge in [0.05, 0.1) is 20.1 Å². The highest BCUT2D eigenvalue weighted by Gasteiger charge is 2.29. The van der Waals surface area contributed by atoms with E-state index in [0.717, 1.165) is 20.4 Å². The third kappa shape index (κ3) is 4.34.